The topological polar surface area (TPSA) is 86.7 Å². The van der Waals surface area contributed by atoms with E-state index < -0.39 is 12.2 Å². The van der Waals surface area contributed by atoms with Gasteiger partial charge in [-0.05, 0) is 0 Å². The van der Waals surface area contributed by atoms with Crippen molar-refractivity contribution in [2.45, 2.75) is 0 Å². The maximum atomic E-state index is 10.2. The second-order valence-corrected chi connectivity index (χ2v) is 3.50. The number of amides is 2. The average Bonchev–Trinajstić information content (AvgIpc) is 2.38. The molecular weight excluding hydrogens is 319 g/mol. The molecule has 0 aliphatic rings. The minimum absolute atomic E-state index is 0. The van der Waals surface area contributed by atoms with Gasteiger partial charge in [-0.15, -0.1) is 26.3 Å². The summed E-state index contributed by atoms with van der Waals surface area (Å²) in [6.45, 7) is 14.7. The SMILES string of the molecule is C=CCN(CC=C)C(=O)[O-].C=CCN(CC=C)C(=O)[O-].[Ni+2]. The standard InChI is InChI=1S/2C7H11NO2.Ni/c2*1-3-5-8(6-4-2)7(9)10;/h2*3-4H,1-2,5-6H2,(H,9,10);/q;;+2/p-2. The largest absolute Gasteiger partial charge is 2.00 e. The van der Waals surface area contributed by atoms with Crippen LogP contribution in [0.3, 0.4) is 0 Å². The summed E-state index contributed by atoms with van der Waals surface area (Å²) in [5.74, 6) is 0. The van der Waals surface area contributed by atoms with Crippen LogP contribution < -0.4 is 10.2 Å². The molecule has 0 aliphatic heterocycles. The molecule has 21 heavy (non-hydrogen) atoms. The van der Waals surface area contributed by atoms with Crippen LogP contribution in [0.4, 0.5) is 9.59 Å². The van der Waals surface area contributed by atoms with Crippen molar-refractivity contribution in [1.29, 1.82) is 0 Å². The summed E-state index contributed by atoms with van der Waals surface area (Å²) in [7, 11) is 0. The molecule has 0 atom stereocenters. The summed E-state index contributed by atoms with van der Waals surface area (Å²) in [6, 6.07) is 0. The molecule has 0 heterocycles. The van der Waals surface area contributed by atoms with Crippen LogP contribution in [0.5, 0.6) is 0 Å². The zero-order valence-corrected chi connectivity index (χ0v) is 12.8. The Morgan fingerprint density at radius 2 is 0.905 bits per heavy atom. The second-order valence-electron chi connectivity index (χ2n) is 3.50. The van der Waals surface area contributed by atoms with Crippen molar-refractivity contribution in [1.82, 2.24) is 9.80 Å². The average molecular weight is 339 g/mol. The van der Waals surface area contributed by atoms with Gasteiger partial charge in [-0.25, -0.2) is 0 Å². The molecule has 0 aromatic carbocycles. The summed E-state index contributed by atoms with van der Waals surface area (Å²) in [5.41, 5.74) is 0. The first-order valence-corrected chi connectivity index (χ1v) is 5.79. The third kappa shape index (κ3) is 14.2. The molecule has 0 saturated carbocycles. The van der Waals surface area contributed by atoms with Gasteiger partial charge in [0.25, 0.3) is 0 Å². The quantitative estimate of drug-likeness (QED) is 0.460. The van der Waals surface area contributed by atoms with E-state index in [1.54, 1.807) is 0 Å². The van der Waals surface area contributed by atoms with Crippen molar-refractivity contribution >= 4 is 12.2 Å². The molecule has 0 saturated heterocycles. The first kappa shape index (κ1) is 24.0. The van der Waals surface area contributed by atoms with Crippen LogP contribution >= 0.6 is 0 Å². The van der Waals surface area contributed by atoms with E-state index in [0.29, 0.717) is 0 Å². The summed E-state index contributed by atoms with van der Waals surface area (Å²) in [6.07, 6.45) is 3.61. The summed E-state index contributed by atoms with van der Waals surface area (Å²) >= 11 is 0. The summed E-state index contributed by atoms with van der Waals surface area (Å²) in [5, 5.41) is 20.4. The molecule has 0 N–H and O–H groups in total. The Hall–Kier alpha value is -2.01. The zero-order chi connectivity index (χ0) is 16.0. The Balaban J connectivity index is -0.000000295. The van der Waals surface area contributed by atoms with Crippen LogP contribution in [-0.4, -0.2) is 48.2 Å². The van der Waals surface area contributed by atoms with Crippen LogP contribution in [0.15, 0.2) is 50.6 Å². The zero-order valence-electron chi connectivity index (χ0n) is 11.8. The Morgan fingerprint density at radius 3 is 1.00 bits per heavy atom. The number of carbonyl (C=O) groups excluding carboxylic acids is 2. The van der Waals surface area contributed by atoms with Gasteiger partial charge in [0.05, 0.1) is 0 Å². The van der Waals surface area contributed by atoms with E-state index in [2.05, 4.69) is 26.3 Å². The third-order valence-electron chi connectivity index (χ3n) is 1.91. The van der Waals surface area contributed by atoms with Crippen molar-refractivity contribution < 1.29 is 36.3 Å². The van der Waals surface area contributed by atoms with Gasteiger partial charge in [-0.1, -0.05) is 24.3 Å². The minimum Gasteiger partial charge on any atom is -0.530 e. The number of carboxylic acid groups (broad SMARTS) is 2. The van der Waals surface area contributed by atoms with Crippen LogP contribution in [0.2, 0.25) is 0 Å². The van der Waals surface area contributed by atoms with Crippen LogP contribution in [0.25, 0.3) is 0 Å². The van der Waals surface area contributed by atoms with Crippen LogP contribution in [-0.2, 0) is 16.5 Å². The Kier molecular flexibility index (Phi) is 18.4. The predicted molar refractivity (Wildman–Crippen MR) is 74.7 cm³/mol. The number of hydrogen-bond donors (Lipinski definition) is 0. The molecule has 0 unspecified atom stereocenters. The van der Waals surface area contributed by atoms with Crippen molar-refractivity contribution in [2.24, 2.45) is 0 Å². The van der Waals surface area contributed by atoms with Crippen LogP contribution in [0.1, 0.15) is 0 Å². The molecule has 0 aromatic rings. The second kappa shape index (κ2) is 16.0. The molecule has 0 aliphatic carbocycles. The fourth-order valence-corrected chi connectivity index (χ4v) is 1.07. The van der Waals surface area contributed by atoms with E-state index >= 15 is 0 Å². The Morgan fingerprint density at radius 1 is 0.714 bits per heavy atom. The normalized spacial score (nSPS) is 8.00. The van der Waals surface area contributed by atoms with Gasteiger partial charge in [-0.2, -0.15) is 0 Å². The van der Waals surface area contributed by atoms with E-state index in [-0.39, 0.29) is 42.7 Å². The number of carbonyl (C=O) groups is 2. The van der Waals surface area contributed by atoms with Crippen LogP contribution in [0, 0.1) is 0 Å². The Bertz CT molecular complexity index is 305. The molecule has 0 rings (SSSR count). The molecule has 6 nitrogen and oxygen atoms in total. The van der Waals surface area contributed by atoms with Crippen molar-refractivity contribution in [3.63, 3.8) is 0 Å². The third-order valence-corrected chi connectivity index (χ3v) is 1.91. The van der Waals surface area contributed by atoms with Gasteiger partial charge < -0.3 is 29.6 Å². The molecule has 0 fully saturated rings. The number of hydrogen-bond acceptors (Lipinski definition) is 4. The summed E-state index contributed by atoms with van der Waals surface area (Å²) in [4.78, 5) is 22.6. The van der Waals surface area contributed by atoms with E-state index in [0.717, 1.165) is 9.80 Å². The van der Waals surface area contributed by atoms with E-state index in [4.69, 9.17) is 0 Å². The maximum absolute atomic E-state index is 10.2. The van der Waals surface area contributed by atoms with Crippen molar-refractivity contribution in [3.05, 3.63) is 50.6 Å². The first-order valence-electron chi connectivity index (χ1n) is 5.79. The minimum atomic E-state index is -1.19. The maximum Gasteiger partial charge on any atom is 2.00 e. The summed E-state index contributed by atoms with van der Waals surface area (Å²) < 4.78 is 0. The van der Waals surface area contributed by atoms with Gasteiger partial charge in [-0.3, -0.25) is 0 Å². The van der Waals surface area contributed by atoms with Crippen molar-refractivity contribution in [3.8, 4) is 0 Å². The van der Waals surface area contributed by atoms with E-state index in [1.165, 1.54) is 24.3 Å². The fraction of sp³-hybridized carbons (Fsp3) is 0.286. The molecule has 120 valence electrons. The fourth-order valence-electron chi connectivity index (χ4n) is 1.07. The van der Waals surface area contributed by atoms with Crippen molar-refractivity contribution in [2.75, 3.05) is 26.2 Å². The molecule has 0 radical (unpaired) electrons. The molecule has 2 amide bonds. The van der Waals surface area contributed by atoms with Gasteiger partial charge in [0.2, 0.25) is 0 Å². The van der Waals surface area contributed by atoms with Gasteiger partial charge in [0.15, 0.2) is 0 Å². The smallest absolute Gasteiger partial charge is 0.530 e. The number of rotatable bonds is 8. The monoisotopic (exact) mass is 338 g/mol. The van der Waals surface area contributed by atoms with E-state index in [1.807, 2.05) is 0 Å². The number of nitrogens with zero attached hydrogens (tertiary/aromatic N) is 2. The molecule has 7 heteroatoms. The predicted octanol–water partition coefficient (Wildman–Crippen LogP) is 0.00490. The van der Waals surface area contributed by atoms with E-state index in [9.17, 15) is 19.8 Å². The molecule has 0 bridgehead atoms. The molecule has 0 spiro atoms. The van der Waals surface area contributed by atoms with Gasteiger partial charge in [0, 0.05) is 26.2 Å². The van der Waals surface area contributed by atoms with Gasteiger partial charge >= 0.3 is 16.5 Å². The first-order chi connectivity index (χ1) is 9.44. The molecule has 0 aromatic heterocycles. The Labute approximate surface area is 135 Å². The van der Waals surface area contributed by atoms with Gasteiger partial charge in [0.1, 0.15) is 12.2 Å². The molecular formula is C14H20N2NiO4.